The predicted octanol–water partition coefficient (Wildman–Crippen LogP) is 1.21. The zero-order valence-electron chi connectivity index (χ0n) is 13.1. The summed E-state index contributed by atoms with van der Waals surface area (Å²) in [5.41, 5.74) is -0.671. The van der Waals surface area contributed by atoms with E-state index in [9.17, 15) is 14.7 Å². The van der Waals surface area contributed by atoms with Gasteiger partial charge in [0, 0.05) is 17.4 Å². The number of hydrogen-bond donors (Lipinski definition) is 3. The zero-order valence-corrected chi connectivity index (χ0v) is 13.1. The highest BCUT2D eigenvalue weighted by Gasteiger charge is 2.34. The third kappa shape index (κ3) is 4.47. The van der Waals surface area contributed by atoms with E-state index in [1.807, 2.05) is 20.8 Å². The lowest BCUT2D eigenvalue weighted by atomic mass is 9.87. The van der Waals surface area contributed by atoms with Crippen LogP contribution in [0, 0.1) is 10.8 Å². The summed E-state index contributed by atoms with van der Waals surface area (Å²) in [6.07, 6.45) is 4.11. The standard InChI is InChI=1S/C15H28N2O3/c1-11(17-13(20)14(2,3)4)12(19)16-9-15(10-18)7-5-6-8-15/h11,18H,5-10H2,1-4H3,(H,16,19)(H,17,20). The molecule has 1 atom stereocenters. The van der Waals surface area contributed by atoms with E-state index in [1.54, 1.807) is 6.92 Å². The Morgan fingerprint density at radius 3 is 2.25 bits per heavy atom. The molecule has 1 fully saturated rings. The van der Waals surface area contributed by atoms with Crippen molar-refractivity contribution < 1.29 is 14.7 Å². The molecule has 0 spiro atoms. The van der Waals surface area contributed by atoms with E-state index in [0.29, 0.717) is 6.54 Å². The second kappa shape index (κ2) is 6.57. The zero-order chi connectivity index (χ0) is 15.4. The fraction of sp³-hybridized carbons (Fsp3) is 0.867. The van der Waals surface area contributed by atoms with Gasteiger partial charge in [-0.15, -0.1) is 0 Å². The van der Waals surface area contributed by atoms with Crippen molar-refractivity contribution in [1.82, 2.24) is 10.6 Å². The third-order valence-corrected chi connectivity index (χ3v) is 4.06. The normalized spacial score (nSPS) is 19.4. The van der Waals surface area contributed by atoms with Crippen LogP contribution >= 0.6 is 0 Å². The minimum Gasteiger partial charge on any atom is -0.396 e. The summed E-state index contributed by atoms with van der Waals surface area (Å²) in [5, 5.41) is 15.1. The van der Waals surface area contributed by atoms with Gasteiger partial charge in [-0.25, -0.2) is 0 Å². The first kappa shape index (κ1) is 17.0. The molecule has 20 heavy (non-hydrogen) atoms. The van der Waals surface area contributed by atoms with Gasteiger partial charge in [0.15, 0.2) is 0 Å². The second-order valence-electron chi connectivity index (χ2n) is 7.03. The van der Waals surface area contributed by atoms with E-state index in [4.69, 9.17) is 0 Å². The number of amides is 2. The Morgan fingerprint density at radius 1 is 1.25 bits per heavy atom. The van der Waals surface area contributed by atoms with Crippen LogP contribution in [0.5, 0.6) is 0 Å². The predicted molar refractivity (Wildman–Crippen MR) is 78.1 cm³/mol. The lowest BCUT2D eigenvalue weighted by Gasteiger charge is -2.28. The number of aliphatic hydroxyl groups excluding tert-OH is 1. The Balaban J connectivity index is 2.44. The summed E-state index contributed by atoms with van der Waals surface area (Å²) in [7, 11) is 0. The van der Waals surface area contributed by atoms with E-state index in [2.05, 4.69) is 10.6 Å². The highest BCUT2D eigenvalue weighted by molar-refractivity contribution is 5.89. The van der Waals surface area contributed by atoms with Crippen molar-refractivity contribution in [3.8, 4) is 0 Å². The van der Waals surface area contributed by atoms with Crippen molar-refractivity contribution in [3.63, 3.8) is 0 Å². The van der Waals surface area contributed by atoms with Gasteiger partial charge >= 0.3 is 0 Å². The molecule has 1 aliphatic carbocycles. The molecule has 0 radical (unpaired) electrons. The van der Waals surface area contributed by atoms with Crippen LogP contribution in [0.2, 0.25) is 0 Å². The molecule has 116 valence electrons. The molecule has 1 saturated carbocycles. The highest BCUT2D eigenvalue weighted by Crippen LogP contribution is 2.36. The van der Waals surface area contributed by atoms with Gasteiger partial charge in [0.25, 0.3) is 0 Å². The Morgan fingerprint density at radius 2 is 1.80 bits per heavy atom. The van der Waals surface area contributed by atoms with Crippen LogP contribution in [-0.2, 0) is 9.59 Å². The molecule has 5 nitrogen and oxygen atoms in total. The average Bonchev–Trinajstić information content (AvgIpc) is 2.84. The molecule has 2 amide bonds. The van der Waals surface area contributed by atoms with Crippen LogP contribution in [-0.4, -0.2) is 36.1 Å². The molecular formula is C15H28N2O3. The minimum absolute atomic E-state index is 0.107. The van der Waals surface area contributed by atoms with Gasteiger partial charge < -0.3 is 15.7 Å². The smallest absolute Gasteiger partial charge is 0.242 e. The van der Waals surface area contributed by atoms with Gasteiger partial charge in [0.2, 0.25) is 11.8 Å². The Hall–Kier alpha value is -1.10. The Labute approximate surface area is 121 Å². The molecule has 0 bridgehead atoms. The van der Waals surface area contributed by atoms with Crippen molar-refractivity contribution in [2.24, 2.45) is 10.8 Å². The summed E-state index contributed by atoms with van der Waals surface area (Å²) < 4.78 is 0. The molecule has 1 unspecified atom stereocenters. The summed E-state index contributed by atoms with van der Waals surface area (Å²) in [4.78, 5) is 23.8. The molecule has 3 N–H and O–H groups in total. The number of hydrogen-bond acceptors (Lipinski definition) is 3. The Bertz CT molecular complexity index is 355. The quantitative estimate of drug-likeness (QED) is 0.710. The number of aliphatic hydroxyl groups is 1. The van der Waals surface area contributed by atoms with Crippen LogP contribution in [0.15, 0.2) is 0 Å². The van der Waals surface area contributed by atoms with E-state index in [0.717, 1.165) is 25.7 Å². The third-order valence-electron chi connectivity index (χ3n) is 4.06. The maximum absolute atomic E-state index is 12.0. The summed E-state index contributed by atoms with van der Waals surface area (Å²) in [5.74, 6) is -0.333. The van der Waals surface area contributed by atoms with Crippen molar-refractivity contribution in [3.05, 3.63) is 0 Å². The maximum Gasteiger partial charge on any atom is 0.242 e. The molecule has 0 heterocycles. The topological polar surface area (TPSA) is 78.4 Å². The number of carbonyl (C=O) groups is 2. The fourth-order valence-electron chi connectivity index (χ4n) is 2.42. The maximum atomic E-state index is 12.0. The molecule has 0 saturated heterocycles. The molecule has 0 aromatic rings. The largest absolute Gasteiger partial charge is 0.396 e. The number of nitrogens with one attached hydrogen (secondary N) is 2. The van der Waals surface area contributed by atoms with Crippen LogP contribution in [0.1, 0.15) is 53.4 Å². The van der Waals surface area contributed by atoms with Crippen LogP contribution in [0.25, 0.3) is 0 Å². The first-order valence-electron chi connectivity index (χ1n) is 7.40. The molecule has 5 heteroatoms. The molecular weight excluding hydrogens is 256 g/mol. The first-order valence-corrected chi connectivity index (χ1v) is 7.40. The monoisotopic (exact) mass is 284 g/mol. The van der Waals surface area contributed by atoms with Crippen LogP contribution in [0.4, 0.5) is 0 Å². The van der Waals surface area contributed by atoms with E-state index in [-0.39, 0.29) is 23.8 Å². The molecule has 0 aromatic carbocycles. The molecule has 1 rings (SSSR count). The Kier molecular flexibility index (Phi) is 5.57. The van der Waals surface area contributed by atoms with Crippen molar-refractivity contribution >= 4 is 11.8 Å². The number of carbonyl (C=O) groups excluding carboxylic acids is 2. The molecule has 0 aliphatic heterocycles. The second-order valence-corrected chi connectivity index (χ2v) is 7.03. The van der Waals surface area contributed by atoms with Crippen molar-refractivity contribution in [2.45, 2.75) is 59.4 Å². The van der Waals surface area contributed by atoms with Crippen LogP contribution < -0.4 is 10.6 Å². The van der Waals surface area contributed by atoms with Gasteiger partial charge in [0.05, 0.1) is 6.61 Å². The lowest BCUT2D eigenvalue weighted by Crippen LogP contribution is -2.50. The van der Waals surface area contributed by atoms with E-state index in [1.165, 1.54) is 0 Å². The van der Waals surface area contributed by atoms with Gasteiger partial charge in [-0.3, -0.25) is 9.59 Å². The van der Waals surface area contributed by atoms with Gasteiger partial charge in [-0.05, 0) is 19.8 Å². The summed E-state index contributed by atoms with van der Waals surface area (Å²) >= 11 is 0. The van der Waals surface area contributed by atoms with Gasteiger partial charge in [-0.2, -0.15) is 0 Å². The van der Waals surface area contributed by atoms with Crippen molar-refractivity contribution in [1.29, 1.82) is 0 Å². The van der Waals surface area contributed by atoms with Crippen molar-refractivity contribution in [2.75, 3.05) is 13.2 Å². The fourth-order valence-corrected chi connectivity index (χ4v) is 2.42. The van der Waals surface area contributed by atoms with E-state index < -0.39 is 11.5 Å². The van der Waals surface area contributed by atoms with Gasteiger partial charge in [0.1, 0.15) is 6.04 Å². The molecule has 0 aromatic heterocycles. The number of rotatable bonds is 5. The SMILES string of the molecule is CC(NC(=O)C(C)(C)C)C(=O)NCC1(CO)CCCC1. The minimum atomic E-state index is -0.557. The molecule has 1 aliphatic rings. The van der Waals surface area contributed by atoms with Crippen LogP contribution in [0.3, 0.4) is 0 Å². The highest BCUT2D eigenvalue weighted by atomic mass is 16.3. The van der Waals surface area contributed by atoms with E-state index >= 15 is 0 Å². The average molecular weight is 284 g/mol. The summed E-state index contributed by atoms with van der Waals surface area (Å²) in [6.45, 7) is 7.71. The van der Waals surface area contributed by atoms with Gasteiger partial charge in [-0.1, -0.05) is 33.6 Å². The lowest BCUT2D eigenvalue weighted by molar-refractivity contribution is -0.133. The summed E-state index contributed by atoms with van der Waals surface area (Å²) in [6, 6.07) is -0.557. The first-order chi connectivity index (χ1) is 9.20.